The summed E-state index contributed by atoms with van der Waals surface area (Å²) in [7, 11) is 0. The van der Waals surface area contributed by atoms with Crippen LogP contribution in [0.3, 0.4) is 0 Å². The summed E-state index contributed by atoms with van der Waals surface area (Å²) in [4.78, 5) is 13.6. The van der Waals surface area contributed by atoms with Gasteiger partial charge >= 0.3 is 6.09 Å². The summed E-state index contributed by atoms with van der Waals surface area (Å²) in [5.41, 5.74) is 0.608. The Morgan fingerprint density at radius 1 is 1.39 bits per heavy atom. The third-order valence-corrected chi connectivity index (χ3v) is 5.04. The largest absolute Gasteiger partial charge is 0.449 e. The van der Waals surface area contributed by atoms with E-state index < -0.39 is 37.6 Å². The number of halogens is 4. The van der Waals surface area contributed by atoms with E-state index in [-0.39, 0.29) is 25.2 Å². The highest BCUT2D eigenvalue weighted by molar-refractivity contribution is 5.68. The number of rotatable bonds is 6. The summed E-state index contributed by atoms with van der Waals surface area (Å²) < 4.78 is 65.9. The lowest BCUT2D eigenvalue weighted by molar-refractivity contribution is -0.0494. The number of ether oxygens (including phenoxy) is 2. The second kappa shape index (κ2) is 8.67. The van der Waals surface area contributed by atoms with Crippen LogP contribution >= 0.6 is 0 Å². The topological polar surface area (TPSA) is 56.6 Å². The Bertz CT molecular complexity index is 696. The van der Waals surface area contributed by atoms with Crippen LogP contribution in [0.2, 0.25) is 0 Å². The maximum Gasteiger partial charge on any atom is 0.410 e. The molecule has 3 heterocycles. The maximum atomic E-state index is 14.8. The molecule has 0 N–H and O–H groups in total. The van der Waals surface area contributed by atoms with E-state index in [1.165, 1.54) is 9.58 Å². The molecule has 2 aliphatic rings. The van der Waals surface area contributed by atoms with E-state index in [0.29, 0.717) is 30.8 Å². The van der Waals surface area contributed by atoms with Gasteiger partial charge in [0.1, 0.15) is 12.3 Å². The standard InChI is InChI=1S/C18H25F4N3O3/c1-2-3-8-27-17(26)24-7-5-14-13(10-24)16-18(21,22)6-4-12(9-25(16)23-14)28-11-15(19)20/h12,15H,2-11H2,1H3. The molecule has 0 spiro atoms. The minimum Gasteiger partial charge on any atom is -0.449 e. The number of nitrogens with zero attached hydrogens (tertiary/aromatic N) is 3. The molecule has 6 nitrogen and oxygen atoms in total. The van der Waals surface area contributed by atoms with Gasteiger partial charge in [-0.25, -0.2) is 13.6 Å². The summed E-state index contributed by atoms with van der Waals surface area (Å²) in [6, 6.07) is 0. The molecule has 0 fully saturated rings. The number of carbonyl (C=O) groups excluding carboxylic acids is 1. The number of amides is 1. The lowest BCUT2D eigenvalue weighted by atomic mass is 10.00. The Kier molecular flexibility index (Phi) is 6.47. The van der Waals surface area contributed by atoms with E-state index in [0.717, 1.165) is 12.8 Å². The van der Waals surface area contributed by atoms with E-state index in [2.05, 4.69) is 5.10 Å². The van der Waals surface area contributed by atoms with Gasteiger partial charge in [-0.05, 0) is 12.8 Å². The predicted octanol–water partition coefficient (Wildman–Crippen LogP) is 3.71. The van der Waals surface area contributed by atoms with Crippen LogP contribution in [0, 0.1) is 0 Å². The number of hydrogen-bond donors (Lipinski definition) is 0. The van der Waals surface area contributed by atoms with Crippen molar-refractivity contribution in [1.29, 1.82) is 0 Å². The van der Waals surface area contributed by atoms with Crippen molar-refractivity contribution < 1.29 is 31.8 Å². The first-order chi connectivity index (χ1) is 13.3. The molecule has 1 aromatic rings. The fourth-order valence-corrected chi connectivity index (χ4v) is 3.61. The van der Waals surface area contributed by atoms with Crippen molar-refractivity contribution >= 4 is 6.09 Å². The first-order valence-corrected chi connectivity index (χ1v) is 9.60. The molecule has 0 aliphatic carbocycles. The minimum atomic E-state index is -3.17. The van der Waals surface area contributed by atoms with E-state index in [4.69, 9.17) is 9.47 Å². The van der Waals surface area contributed by atoms with Gasteiger partial charge in [0.15, 0.2) is 0 Å². The highest BCUT2D eigenvalue weighted by Gasteiger charge is 2.44. The van der Waals surface area contributed by atoms with Gasteiger partial charge in [0.25, 0.3) is 12.3 Å². The number of aromatic nitrogens is 2. The number of hydrogen-bond acceptors (Lipinski definition) is 4. The Morgan fingerprint density at radius 2 is 2.18 bits per heavy atom. The van der Waals surface area contributed by atoms with Crippen LogP contribution in [0.25, 0.3) is 0 Å². The van der Waals surface area contributed by atoms with Gasteiger partial charge in [0.05, 0.1) is 31.5 Å². The summed E-state index contributed by atoms with van der Waals surface area (Å²) >= 11 is 0. The van der Waals surface area contributed by atoms with Gasteiger partial charge < -0.3 is 14.4 Å². The second-order valence-corrected chi connectivity index (χ2v) is 7.18. The number of unbranched alkanes of at least 4 members (excludes halogenated alkanes) is 1. The fraction of sp³-hybridized carbons (Fsp3) is 0.778. The number of carbonyl (C=O) groups is 1. The van der Waals surface area contributed by atoms with Crippen molar-refractivity contribution in [2.45, 2.75) is 70.6 Å². The molecular weight excluding hydrogens is 382 g/mol. The molecule has 0 aromatic carbocycles. The van der Waals surface area contributed by atoms with Crippen molar-refractivity contribution in [3.8, 4) is 0 Å². The van der Waals surface area contributed by atoms with Crippen molar-refractivity contribution in [2.24, 2.45) is 0 Å². The normalized spacial score (nSPS) is 21.2. The molecule has 1 aromatic heterocycles. The van der Waals surface area contributed by atoms with Gasteiger partial charge in [0, 0.05) is 24.9 Å². The van der Waals surface area contributed by atoms with Crippen LogP contribution in [0.15, 0.2) is 0 Å². The molecule has 10 heteroatoms. The molecule has 0 saturated carbocycles. The first kappa shape index (κ1) is 20.9. The van der Waals surface area contributed by atoms with Crippen LogP contribution < -0.4 is 0 Å². The zero-order valence-corrected chi connectivity index (χ0v) is 15.8. The third kappa shape index (κ3) is 4.59. The average Bonchev–Trinajstić information content (AvgIpc) is 2.95. The number of fused-ring (bicyclic) bond motifs is 3. The predicted molar refractivity (Wildman–Crippen MR) is 91.5 cm³/mol. The highest BCUT2D eigenvalue weighted by Crippen LogP contribution is 2.41. The molecule has 2 aliphatic heterocycles. The molecule has 0 bridgehead atoms. The Labute approximate surface area is 160 Å². The van der Waals surface area contributed by atoms with Crippen molar-refractivity contribution in [3.05, 3.63) is 17.0 Å². The van der Waals surface area contributed by atoms with E-state index in [1.54, 1.807) is 0 Å². The molecule has 3 rings (SSSR count). The summed E-state index contributed by atoms with van der Waals surface area (Å²) in [5.74, 6) is -3.17. The average molecular weight is 407 g/mol. The Balaban J connectivity index is 1.78. The first-order valence-electron chi connectivity index (χ1n) is 9.60. The Morgan fingerprint density at radius 3 is 2.89 bits per heavy atom. The van der Waals surface area contributed by atoms with Crippen LogP contribution in [0.1, 0.15) is 49.6 Å². The van der Waals surface area contributed by atoms with Crippen molar-refractivity contribution in [2.75, 3.05) is 19.8 Å². The lowest BCUT2D eigenvalue weighted by Gasteiger charge is -2.27. The van der Waals surface area contributed by atoms with E-state index >= 15 is 0 Å². The SMILES string of the molecule is CCCCOC(=O)N1CCc2nn3c(c2C1)C(F)(F)CCC(OCC(F)F)C3. The highest BCUT2D eigenvalue weighted by atomic mass is 19.3. The van der Waals surface area contributed by atoms with Gasteiger partial charge in [-0.3, -0.25) is 4.68 Å². The summed E-state index contributed by atoms with van der Waals surface area (Å²) in [5, 5.41) is 4.28. The lowest BCUT2D eigenvalue weighted by Crippen LogP contribution is -2.37. The second-order valence-electron chi connectivity index (χ2n) is 7.18. The zero-order chi connectivity index (χ0) is 20.3. The van der Waals surface area contributed by atoms with Gasteiger partial charge in [-0.15, -0.1) is 0 Å². The van der Waals surface area contributed by atoms with Gasteiger partial charge in [-0.2, -0.15) is 13.9 Å². The van der Waals surface area contributed by atoms with Crippen LogP contribution in [-0.4, -0.2) is 53.1 Å². The smallest absolute Gasteiger partial charge is 0.410 e. The van der Waals surface area contributed by atoms with Crippen LogP contribution in [0.4, 0.5) is 22.4 Å². The summed E-state index contributed by atoms with van der Waals surface area (Å²) in [6.07, 6.45) is -2.51. The molecular formula is C18H25F4N3O3. The van der Waals surface area contributed by atoms with Gasteiger partial charge in [0.2, 0.25) is 0 Å². The third-order valence-electron chi connectivity index (χ3n) is 5.04. The molecule has 28 heavy (non-hydrogen) atoms. The Hall–Kier alpha value is -1.84. The van der Waals surface area contributed by atoms with E-state index in [1.807, 2.05) is 6.92 Å². The molecule has 1 amide bonds. The zero-order valence-electron chi connectivity index (χ0n) is 15.8. The molecule has 0 radical (unpaired) electrons. The van der Waals surface area contributed by atoms with Crippen molar-refractivity contribution in [3.63, 3.8) is 0 Å². The quantitative estimate of drug-likeness (QED) is 0.533. The molecule has 1 unspecified atom stereocenters. The minimum absolute atomic E-state index is 0.00771. The molecule has 158 valence electrons. The molecule has 0 saturated heterocycles. The summed E-state index contributed by atoms with van der Waals surface area (Å²) in [6.45, 7) is 1.82. The monoisotopic (exact) mass is 407 g/mol. The van der Waals surface area contributed by atoms with Gasteiger partial charge in [-0.1, -0.05) is 13.3 Å². The van der Waals surface area contributed by atoms with Crippen LogP contribution in [-0.2, 0) is 34.9 Å². The molecule has 1 atom stereocenters. The maximum absolute atomic E-state index is 14.8. The van der Waals surface area contributed by atoms with Crippen LogP contribution in [0.5, 0.6) is 0 Å². The van der Waals surface area contributed by atoms with E-state index in [9.17, 15) is 22.4 Å². The fourth-order valence-electron chi connectivity index (χ4n) is 3.61. The number of alkyl halides is 4. The van der Waals surface area contributed by atoms with Crippen molar-refractivity contribution in [1.82, 2.24) is 14.7 Å².